The van der Waals surface area contributed by atoms with E-state index in [0.29, 0.717) is 5.71 Å². The third-order valence-electron chi connectivity index (χ3n) is 5.06. The van der Waals surface area contributed by atoms with E-state index in [-0.39, 0.29) is 24.3 Å². The normalized spacial score (nSPS) is 30.9. The highest BCUT2D eigenvalue weighted by molar-refractivity contribution is 8.01. The van der Waals surface area contributed by atoms with Gasteiger partial charge in [0.1, 0.15) is 29.8 Å². The summed E-state index contributed by atoms with van der Waals surface area (Å²) in [5.74, 6) is -0.604. The fraction of sp³-hybridized carbons (Fsp3) is 0.444. The number of benzene rings is 1. The smallest absolute Gasteiger partial charge is 0.330 e. The van der Waals surface area contributed by atoms with Crippen LogP contribution in [0.5, 0.6) is 0 Å². The van der Waals surface area contributed by atoms with Crippen molar-refractivity contribution in [3.63, 3.8) is 0 Å². The first-order valence-corrected chi connectivity index (χ1v) is 9.22. The number of β-lactam (4-membered cyclic amide) rings is 1. The number of amides is 1. The van der Waals surface area contributed by atoms with Crippen molar-refractivity contribution < 1.29 is 14.3 Å². The maximum Gasteiger partial charge on any atom is 0.330 e. The lowest BCUT2D eigenvalue weighted by molar-refractivity contribution is -0.170. The molecule has 1 aromatic rings. The van der Waals surface area contributed by atoms with Crippen molar-refractivity contribution in [3.8, 4) is 6.07 Å². The summed E-state index contributed by atoms with van der Waals surface area (Å²) in [7, 11) is 0. The molecule has 0 radical (unpaired) electrons. The predicted molar refractivity (Wildman–Crippen MR) is 95.9 cm³/mol. The zero-order valence-electron chi connectivity index (χ0n) is 14.4. The van der Waals surface area contributed by atoms with E-state index in [4.69, 9.17) is 10.00 Å². The fourth-order valence-corrected chi connectivity index (χ4v) is 5.44. The minimum Gasteiger partial charge on any atom is -0.459 e. The van der Waals surface area contributed by atoms with Gasteiger partial charge in [-0.2, -0.15) is 10.4 Å². The van der Waals surface area contributed by atoms with Crippen molar-refractivity contribution in [2.45, 2.75) is 48.6 Å². The molecule has 1 amide bonds. The molecule has 0 unspecified atom stereocenters. The highest BCUT2D eigenvalue weighted by Crippen LogP contribution is 2.56. The molecule has 0 aromatic heterocycles. The summed E-state index contributed by atoms with van der Waals surface area (Å²) >= 11 is 1.55. The Morgan fingerprint density at radius 3 is 2.85 bits per heavy atom. The molecule has 0 saturated carbocycles. The molecule has 0 aliphatic carbocycles. The van der Waals surface area contributed by atoms with Gasteiger partial charge < -0.3 is 9.64 Å². The molecule has 3 atom stereocenters. The van der Waals surface area contributed by atoms with E-state index < -0.39 is 22.3 Å². The Labute approximate surface area is 155 Å². The van der Waals surface area contributed by atoms with Crippen LogP contribution < -0.4 is 5.43 Å². The van der Waals surface area contributed by atoms with Gasteiger partial charge in [-0.25, -0.2) is 4.79 Å². The van der Waals surface area contributed by atoms with Crippen LogP contribution in [0, 0.1) is 11.3 Å². The first-order valence-electron chi connectivity index (χ1n) is 8.34. The second kappa shape index (κ2) is 5.74. The van der Waals surface area contributed by atoms with Gasteiger partial charge in [0, 0.05) is 11.2 Å². The highest BCUT2D eigenvalue weighted by Gasteiger charge is 2.73. The van der Waals surface area contributed by atoms with Crippen LogP contribution in [0.3, 0.4) is 0 Å². The molecule has 1 N–H and O–H groups in total. The summed E-state index contributed by atoms with van der Waals surface area (Å²) in [6.45, 7) is 4.05. The minimum absolute atomic E-state index is 0.175. The number of nitrogens with one attached hydrogen (secondary N) is 1. The summed E-state index contributed by atoms with van der Waals surface area (Å²) in [4.78, 5) is 27.2. The van der Waals surface area contributed by atoms with E-state index in [0.717, 1.165) is 5.56 Å². The molecule has 3 aliphatic heterocycles. The number of hydrazone groups is 1. The SMILES string of the molecule is CC1(C)S[C@H]2N(C(=O)[C@]23CC(C#N)=NN3)[C@H]1C(=O)OCc1ccccc1. The molecule has 4 rings (SSSR count). The molecule has 8 heteroatoms. The van der Waals surface area contributed by atoms with E-state index in [1.165, 1.54) is 0 Å². The molecule has 26 heavy (non-hydrogen) atoms. The van der Waals surface area contributed by atoms with E-state index in [9.17, 15) is 9.59 Å². The van der Waals surface area contributed by atoms with Gasteiger partial charge in [0.05, 0.1) is 0 Å². The molecule has 1 aromatic carbocycles. The van der Waals surface area contributed by atoms with Gasteiger partial charge in [-0.3, -0.25) is 10.2 Å². The molecule has 2 saturated heterocycles. The molecule has 1 spiro atoms. The van der Waals surface area contributed by atoms with E-state index in [1.54, 1.807) is 16.7 Å². The number of hydrogen-bond acceptors (Lipinski definition) is 7. The largest absolute Gasteiger partial charge is 0.459 e. The van der Waals surface area contributed by atoms with Crippen molar-refractivity contribution in [2.24, 2.45) is 5.10 Å². The van der Waals surface area contributed by atoms with Crippen molar-refractivity contribution >= 4 is 29.4 Å². The van der Waals surface area contributed by atoms with Crippen molar-refractivity contribution in [1.29, 1.82) is 5.26 Å². The van der Waals surface area contributed by atoms with E-state index in [2.05, 4.69) is 10.5 Å². The maximum atomic E-state index is 12.9. The number of rotatable bonds is 3. The molecule has 2 fully saturated rings. The second-order valence-corrected chi connectivity index (χ2v) is 8.95. The van der Waals surface area contributed by atoms with E-state index >= 15 is 0 Å². The minimum atomic E-state index is -0.901. The Hall–Kier alpha value is -2.53. The quantitative estimate of drug-likeness (QED) is 0.638. The van der Waals surface area contributed by atoms with Gasteiger partial charge in [0.25, 0.3) is 5.91 Å². The Kier molecular flexibility index (Phi) is 3.74. The summed E-state index contributed by atoms with van der Waals surface area (Å²) in [5.41, 5.74) is 3.16. The summed E-state index contributed by atoms with van der Waals surface area (Å²) < 4.78 is 5.00. The number of nitriles is 1. The molecule has 0 bridgehead atoms. The van der Waals surface area contributed by atoms with Gasteiger partial charge >= 0.3 is 5.97 Å². The number of fused-ring (bicyclic) bond motifs is 2. The number of carbonyl (C=O) groups is 2. The average Bonchev–Trinajstić information content (AvgIpc) is 3.20. The zero-order chi connectivity index (χ0) is 18.5. The molecule has 3 aliphatic rings. The van der Waals surface area contributed by atoms with Gasteiger partial charge in [0.15, 0.2) is 5.54 Å². The van der Waals surface area contributed by atoms with Gasteiger partial charge in [-0.05, 0) is 19.4 Å². The second-order valence-electron chi connectivity index (χ2n) is 7.21. The number of esters is 1. The van der Waals surface area contributed by atoms with Crippen LogP contribution in [0.4, 0.5) is 0 Å². The van der Waals surface area contributed by atoms with Gasteiger partial charge in [-0.15, -0.1) is 11.8 Å². The Bertz CT molecular complexity index is 848. The molecular formula is C18H18N4O3S. The topological polar surface area (TPSA) is 94.8 Å². The highest BCUT2D eigenvalue weighted by atomic mass is 32.2. The van der Waals surface area contributed by atoms with Crippen LogP contribution in [-0.4, -0.2) is 44.2 Å². The molecule has 134 valence electrons. The first-order chi connectivity index (χ1) is 12.4. The van der Waals surface area contributed by atoms with Gasteiger partial charge in [0.2, 0.25) is 0 Å². The number of ether oxygens (including phenoxy) is 1. The third kappa shape index (κ3) is 2.31. The zero-order valence-corrected chi connectivity index (χ0v) is 15.2. The number of thioether (sulfide) groups is 1. The third-order valence-corrected chi connectivity index (χ3v) is 6.74. The van der Waals surface area contributed by atoms with Crippen LogP contribution in [0.2, 0.25) is 0 Å². The molecule has 3 heterocycles. The summed E-state index contributed by atoms with van der Waals surface area (Å²) in [6.07, 6.45) is 0.262. The Balaban J connectivity index is 1.50. The van der Waals surface area contributed by atoms with Crippen LogP contribution in [-0.2, 0) is 20.9 Å². The predicted octanol–water partition coefficient (Wildman–Crippen LogP) is 1.40. The lowest BCUT2D eigenvalue weighted by atomic mass is 9.82. The summed E-state index contributed by atoms with van der Waals surface area (Å²) in [5, 5.41) is 12.8. The van der Waals surface area contributed by atoms with Gasteiger partial charge in [-0.1, -0.05) is 30.3 Å². The van der Waals surface area contributed by atoms with Crippen LogP contribution in [0.15, 0.2) is 35.4 Å². The van der Waals surface area contributed by atoms with E-state index in [1.807, 2.05) is 50.2 Å². The standard InChI is InChI=1S/C18H18N4O3S/c1-17(2)13(14(23)25-10-11-6-4-3-5-7-11)22-15(24)18(16(22)26-17)8-12(9-19)20-21-18/h3-7,13,16,21H,8,10H2,1-2H3/t13-,16+,18+/m0/s1. The van der Waals surface area contributed by atoms with Crippen molar-refractivity contribution in [1.82, 2.24) is 10.3 Å². The lowest BCUT2D eigenvalue weighted by Crippen LogP contribution is -2.77. The Morgan fingerprint density at radius 2 is 2.19 bits per heavy atom. The van der Waals surface area contributed by atoms with Crippen molar-refractivity contribution in [3.05, 3.63) is 35.9 Å². The van der Waals surface area contributed by atoms with Crippen LogP contribution in [0.25, 0.3) is 0 Å². The lowest BCUT2D eigenvalue weighted by Gasteiger charge is -2.50. The number of hydrogen-bond donors (Lipinski definition) is 1. The van der Waals surface area contributed by atoms with Crippen molar-refractivity contribution in [2.75, 3.05) is 0 Å². The summed E-state index contributed by atoms with van der Waals surface area (Å²) in [6, 6.07) is 10.8. The average molecular weight is 370 g/mol. The molecule has 7 nitrogen and oxygen atoms in total. The monoisotopic (exact) mass is 370 g/mol. The first kappa shape index (κ1) is 16.9. The number of carbonyl (C=O) groups excluding carboxylic acids is 2. The molecular weight excluding hydrogens is 352 g/mol. The maximum absolute atomic E-state index is 12.9. The Morgan fingerprint density at radius 1 is 1.46 bits per heavy atom. The number of nitrogens with zero attached hydrogens (tertiary/aromatic N) is 3. The fourth-order valence-electron chi connectivity index (χ4n) is 3.76. The van der Waals surface area contributed by atoms with Crippen LogP contribution >= 0.6 is 11.8 Å². The van der Waals surface area contributed by atoms with Crippen LogP contribution in [0.1, 0.15) is 25.8 Å².